The van der Waals surface area contributed by atoms with Gasteiger partial charge in [0.05, 0.1) is 6.54 Å². The lowest BCUT2D eigenvalue weighted by molar-refractivity contribution is 0.0777. The van der Waals surface area contributed by atoms with Gasteiger partial charge in [0, 0.05) is 62.0 Å². The first kappa shape index (κ1) is 19.9. The van der Waals surface area contributed by atoms with Crippen molar-refractivity contribution in [2.45, 2.75) is 37.9 Å². The van der Waals surface area contributed by atoms with Crippen molar-refractivity contribution in [2.24, 2.45) is 5.92 Å². The zero-order chi connectivity index (χ0) is 20.8. The fraction of sp³-hybridized carbons (Fsp3) is 0.591. The number of carbonyl (C=O) groups is 1. The lowest BCUT2D eigenvalue weighted by Crippen LogP contribution is -2.48. The smallest absolute Gasteiger partial charge is 0.263 e. The topological polar surface area (TPSA) is 61.7 Å². The van der Waals surface area contributed by atoms with Crippen LogP contribution in [0.4, 0.5) is 0 Å². The number of nitrogens with zero attached hydrogens (tertiary/aromatic N) is 5. The highest BCUT2D eigenvalue weighted by molar-refractivity contribution is 7.09. The Morgan fingerprint density at radius 3 is 2.83 bits per heavy atom. The van der Waals surface area contributed by atoms with Crippen molar-refractivity contribution in [1.82, 2.24) is 24.3 Å². The van der Waals surface area contributed by atoms with E-state index in [1.165, 1.54) is 0 Å². The monoisotopic (exact) mass is 427 g/mol. The Morgan fingerprint density at radius 1 is 1.23 bits per heavy atom. The molecular weight excluding hydrogens is 398 g/mol. The average Bonchev–Trinajstić information content (AvgIpc) is 3.40. The molecule has 0 radical (unpaired) electrons. The van der Waals surface area contributed by atoms with E-state index in [-0.39, 0.29) is 11.5 Å². The standard InChI is InChI=1S/C22H29N5O2S/c1-24(2)17-5-7-26(13-17)21(28)18-3-4-19-16-9-15(11-27(19)22(18)29)10-25(12-16)14-20-23-6-8-30-20/h3-4,6,8,15-17H,5,7,9-14H2,1-2H3/t15-,16+,17-/m0/s1. The van der Waals surface area contributed by atoms with Crippen molar-refractivity contribution < 1.29 is 4.79 Å². The van der Waals surface area contributed by atoms with Crippen molar-refractivity contribution in [2.75, 3.05) is 40.3 Å². The maximum atomic E-state index is 13.3. The van der Waals surface area contributed by atoms with Crippen molar-refractivity contribution in [3.8, 4) is 0 Å². The first-order chi connectivity index (χ1) is 14.5. The van der Waals surface area contributed by atoms with E-state index in [9.17, 15) is 9.59 Å². The highest BCUT2D eigenvalue weighted by atomic mass is 32.1. The molecule has 8 heteroatoms. The summed E-state index contributed by atoms with van der Waals surface area (Å²) in [6, 6.07) is 4.18. The van der Waals surface area contributed by atoms with Crippen LogP contribution in [0.15, 0.2) is 28.5 Å². The van der Waals surface area contributed by atoms with Crippen LogP contribution in [0.2, 0.25) is 0 Å². The van der Waals surface area contributed by atoms with Crippen LogP contribution in [-0.4, -0.2) is 76.5 Å². The molecular formula is C22H29N5O2S. The number of rotatable bonds is 4. The highest BCUT2D eigenvalue weighted by Gasteiger charge is 2.36. The van der Waals surface area contributed by atoms with Crippen LogP contribution in [0.1, 0.15) is 39.8 Å². The van der Waals surface area contributed by atoms with Crippen LogP contribution in [-0.2, 0) is 13.1 Å². The van der Waals surface area contributed by atoms with Crippen LogP contribution >= 0.6 is 11.3 Å². The third-order valence-electron chi connectivity index (χ3n) is 6.93. The van der Waals surface area contributed by atoms with Crippen molar-refractivity contribution >= 4 is 17.2 Å². The predicted octanol–water partition coefficient (Wildman–Crippen LogP) is 1.70. The van der Waals surface area contributed by atoms with E-state index < -0.39 is 0 Å². The van der Waals surface area contributed by atoms with E-state index in [2.05, 4.69) is 14.8 Å². The van der Waals surface area contributed by atoms with Gasteiger partial charge in [0.1, 0.15) is 10.6 Å². The van der Waals surface area contributed by atoms with E-state index >= 15 is 0 Å². The second-order valence-electron chi connectivity index (χ2n) is 9.16. The number of likely N-dealkylation sites (N-methyl/N-ethyl adjacent to an activating group) is 1. The minimum absolute atomic E-state index is 0.103. The summed E-state index contributed by atoms with van der Waals surface area (Å²) >= 11 is 1.70. The molecule has 3 atom stereocenters. The number of aromatic nitrogens is 2. The average molecular weight is 428 g/mol. The Kier molecular flexibility index (Phi) is 5.24. The fourth-order valence-electron chi connectivity index (χ4n) is 5.38. The van der Waals surface area contributed by atoms with E-state index in [0.717, 1.165) is 49.7 Å². The second kappa shape index (κ2) is 7.90. The first-order valence-corrected chi connectivity index (χ1v) is 11.7. The zero-order valence-corrected chi connectivity index (χ0v) is 18.5. The Labute approximate surface area is 180 Å². The molecule has 3 aliphatic heterocycles. The number of amides is 1. The summed E-state index contributed by atoms with van der Waals surface area (Å²) in [7, 11) is 4.09. The summed E-state index contributed by atoms with van der Waals surface area (Å²) in [5.41, 5.74) is 1.32. The van der Waals surface area contributed by atoms with Crippen LogP contribution in [0.25, 0.3) is 0 Å². The molecule has 0 aliphatic carbocycles. The Balaban J connectivity index is 1.36. The quantitative estimate of drug-likeness (QED) is 0.743. The summed E-state index contributed by atoms with van der Waals surface area (Å²) < 4.78 is 1.90. The molecule has 5 rings (SSSR count). The molecule has 30 heavy (non-hydrogen) atoms. The SMILES string of the molecule is CN(C)[C@H]1CCN(C(=O)c2ccc3n(c2=O)C[C@H]2C[C@@H]3CN(Cc3nccs3)C2)C1. The summed E-state index contributed by atoms with van der Waals surface area (Å²) in [6.45, 7) is 4.94. The lowest BCUT2D eigenvalue weighted by Gasteiger charge is -2.42. The number of pyridine rings is 1. The molecule has 0 aromatic carbocycles. The Morgan fingerprint density at radius 2 is 2.10 bits per heavy atom. The van der Waals surface area contributed by atoms with Crippen molar-refractivity contribution in [1.29, 1.82) is 0 Å². The van der Waals surface area contributed by atoms with Crippen molar-refractivity contribution in [3.05, 3.63) is 50.3 Å². The number of piperidine rings is 1. The molecule has 2 bridgehead atoms. The van der Waals surface area contributed by atoms with E-state index in [1.54, 1.807) is 17.4 Å². The maximum Gasteiger partial charge on any atom is 0.263 e. The van der Waals surface area contributed by atoms with Crippen LogP contribution in [0, 0.1) is 5.92 Å². The third-order valence-corrected chi connectivity index (χ3v) is 7.70. The van der Waals surface area contributed by atoms with Gasteiger partial charge in [0.2, 0.25) is 0 Å². The molecule has 7 nitrogen and oxygen atoms in total. The van der Waals surface area contributed by atoms with E-state index in [4.69, 9.17) is 0 Å². The minimum Gasteiger partial charge on any atom is -0.337 e. The van der Waals surface area contributed by atoms with Gasteiger partial charge in [0.25, 0.3) is 11.5 Å². The fourth-order valence-corrected chi connectivity index (χ4v) is 6.03. The Hall–Kier alpha value is -2.03. The zero-order valence-electron chi connectivity index (χ0n) is 17.7. The summed E-state index contributed by atoms with van der Waals surface area (Å²) in [5, 5.41) is 3.17. The maximum absolute atomic E-state index is 13.3. The van der Waals surface area contributed by atoms with Crippen LogP contribution < -0.4 is 5.56 Å². The summed E-state index contributed by atoms with van der Waals surface area (Å²) in [5.74, 6) is 0.684. The largest absolute Gasteiger partial charge is 0.337 e. The normalized spacial score (nSPS) is 26.2. The number of carbonyl (C=O) groups excluding carboxylic acids is 1. The van der Waals surface area contributed by atoms with Gasteiger partial charge in [-0.15, -0.1) is 11.3 Å². The molecule has 5 heterocycles. The van der Waals surface area contributed by atoms with E-state index in [0.29, 0.717) is 36.5 Å². The number of thiazole rings is 1. The number of hydrogen-bond acceptors (Lipinski definition) is 6. The first-order valence-electron chi connectivity index (χ1n) is 10.8. The summed E-state index contributed by atoms with van der Waals surface area (Å²) in [4.78, 5) is 37.2. The van der Waals surface area contributed by atoms with E-state index in [1.807, 2.05) is 41.2 Å². The second-order valence-corrected chi connectivity index (χ2v) is 10.1. The molecule has 2 saturated heterocycles. The number of hydrogen-bond donors (Lipinski definition) is 0. The van der Waals surface area contributed by atoms with Gasteiger partial charge in [-0.05, 0) is 45.0 Å². The van der Waals surface area contributed by atoms with Gasteiger partial charge >= 0.3 is 0 Å². The molecule has 2 aromatic heterocycles. The lowest BCUT2D eigenvalue weighted by atomic mass is 9.83. The molecule has 2 fully saturated rings. The molecule has 3 aliphatic rings. The predicted molar refractivity (Wildman–Crippen MR) is 117 cm³/mol. The van der Waals surface area contributed by atoms with Gasteiger partial charge < -0.3 is 14.4 Å². The van der Waals surface area contributed by atoms with Gasteiger partial charge in [-0.25, -0.2) is 4.98 Å². The van der Waals surface area contributed by atoms with Crippen LogP contribution in [0.3, 0.4) is 0 Å². The highest BCUT2D eigenvalue weighted by Crippen LogP contribution is 2.36. The third kappa shape index (κ3) is 3.61. The van der Waals surface area contributed by atoms with Gasteiger partial charge in [-0.2, -0.15) is 0 Å². The molecule has 2 aromatic rings. The molecule has 0 spiro atoms. The molecule has 1 amide bonds. The van der Waals surface area contributed by atoms with Gasteiger partial charge in [-0.1, -0.05) is 0 Å². The number of fused-ring (bicyclic) bond motifs is 4. The van der Waals surface area contributed by atoms with Crippen LogP contribution in [0.5, 0.6) is 0 Å². The molecule has 0 saturated carbocycles. The minimum atomic E-state index is -0.110. The summed E-state index contributed by atoms with van der Waals surface area (Å²) in [6.07, 6.45) is 3.95. The van der Waals surface area contributed by atoms with Gasteiger partial charge in [-0.3, -0.25) is 14.5 Å². The molecule has 0 unspecified atom stereocenters. The molecule has 160 valence electrons. The number of likely N-dealkylation sites (tertiary alicyclic amines) is 2. The Bertz CT molecular complexity index is 986. The van der Waals surface area contributed by atoms with Crippen molar-refractivity contribution in [3.63, 3.8) is 0 Å². The molecule has 0 N–H and O–H groups in total. The van der Waals surface area contributed by atoms with Gasteiger partial charge in [0.15, 0.2) is 0 Å².